The fourth-order valence-electron chi connectivity index (χ4n) is 2.90. The van der Waals surface area contributed by atoms with Gasteiger partial charge in [0.1, 0.15) is 5.75 Å². The standard InChI is InChI=1S/C17H11BrO/c1-19-14-9-12-6-5-10-3-2-4-11-7-8-13(17(14)18)16(12)15(10)11/h2-9H,1H3. The van der Waals surface area contributed by atoms with Crippen molar-refractivity contribution >= 4 is 48.2 Å². The molecule has 2 heteroatoms. The molecule has 92 valence electrons. The van der Waals surface area contributed by atoms with E-state index in [9.17, 15) is 0 Å². The van der Waals surface area contributed by atoms with Crippen LogP contribution in [0.5, 0.6) is 5.75 Å². The lowest BCUT2D eigenvalue weighted by atomic mass is 9.94. The van der Waals surface area contributed by atoms with Crippen molar-refractivity contribution in [2.75, 3.05) is 7.11 Å². The molecule has 0 fully saturated rings. The van der Waals surface area contributed by atoms with E-state index in [4.69, 9.17) is 4.74 Å². The molecule has 4 rings (SSSR count). The highest BCUT2D eigenvalue weighted by molar-refractivity contribution is 9.10. The second kappa shape index (κ2) is 3.84. The van der Waals surface area contributed by atoms with E-state index in [1.54, 1.807) is 7.11 Å². The Balaban J connectivity index is 2.37. The third-order valence-corrected chi connectivity index (χ3v) is 4.59. The van der Waals surface area contributed by atoms with Gasteiger partial charge in [-0.1, -0.05) is 42.5 Å². The number of hydrogen-bond acceptors (Lipinski definition) is 1. The first kappa shape index (κ1) is 11.1. The lowest BCUT2D eigenvalue weighted by Crippen LogP contribution is -1.89. The van der Waals surface area contributed by atoms with Crippen LogP contribution in [-0.2, 0) is 0 Å². The van der Waals surface area contributed by atoms with Gasteiger partial charge in [0, 0.05) is 5.39 Å². The number of benzene rings is 4. The fourth-order valence-corrected chi connectivity index (χ4v) is 3.50. The summed E-state index contributed by atoms with van der Waals surface area (Å²) in [5.74, 6) is 0.880. The van der Waals surface area contributed by atoms with Gasteiger partial charge in [0.25, 0.3) is 0 Å². The number of rotatable bonds is 1. The Labute approximate surface area is 119 Å². The maximum Gasteiger partial charge on any atom is 0.134 e. The Bertz CT molecular complexity index is 895. The van der Waals surface area contributed by atoms with Crippen LogP contribution < -0.4 is 4.74 Å². The average Bonchev–Trinajstić information content (AvgIpc) is 2.46. The van der Waals surface area contributed by atoms with Crippen molar-refractivity contribution in [3.63, 3.8) is 0 Å². The summed E-state index contributed by atoms with van der Waals surface area (Å²) in [6.45, 7) is 0. The van der Waals surface area contributed by atoms with Crippen molar-refractivity contribution in [2.45, 2.75) is 0 Å². The minimum atomic E-state index is 0.880. The minimum absolute atomic E-state index is 0.880. The molecular formula is C17H11BrO. The van der Waals surface area contributed by atoms with E-state index in [0.717, 1.165) is 10.2 Å². The highest BCUT2D eigenvalue weighted by Crippen LogP contribution is 2.41. The van der Waals surface area contributed by atoms with Crippen molar-refractivity contribution < 1.29 is 4.74 Å². The Morgan fingerprint density at radius 2 is 1.53 bits per heavy atom. The van der Waals surface area contributed by atoms with Crippen molar-refractivity contribution in [3.05, 3.63) is 53.0 Å². The highest BCUT2D eigenvalue weighted by Gasteiger charge is 2.13. The Hall–Kier alpha value is -1.80. The molecule has 19 heavy (non-hydrogen) atoms. The summed E-state index contributed by atoms with van der Waals surface area (Å²) < 4.78 is 6.48. The lowest BCUT2D eigenvalue weighted by molar-refractivity contribution is 0.413. The lowest BCUT2D eigenvalue weighted by Gasteiger charge is -2.14. The monoisotopic (exact) mass is 310 g/mol. The molecule has 0 aliphatic heterocycles. The summed E-state index contributed by atoms with van der Waals surface area (Å²) in [5.41, 5.74) is 0. The maximum absolute atomic E-state index is 5.45. The van der Waals surface area contributed by atoms with Gasteiger partial charge in [-0.2, -0.15) is 0 Å². The van der Waals surface area contributed by atoms with E-state index < -0.39 is 0 Å². The molecule has 0 unspecified atom stereocenters. The average molecular weight is 311 g/mol. The van der Waals surface area contributed by atoms with Gasteiger partial charge in [0.2, 0.25) is 0 Å². The molecule has 0 aliphatic rings. The zero-order chi connectivity index (χ0) is 13.0. The van der Waals surface area contributed by atoms with E-state index >= 15 is 0 Å². The smallest absolute Gasteiger partial charge is 0.134 e. The first-order chi connectivity index (χ1) is 9.29. The van der Waals surface area contributed by atoms with Crippen molar-refractivity contribution in [1.29, 1.82) is 0 Å². The zero-order valence-corrected chi connectivity index (χ0v) is 12.0. The van der Waals surface area contributed by atoms with Crippen molar-refractivity contribution in [1.82, 2.24) is 0 Å². The van der Waals surface area contributed by atoms with Crippen LogP contribution in [0.25, 0.3) is 32.3 Å². The Morgan fingerprint density at radius 3 is 2.26 bits per heavy atom. The molecule has 1 nitrogen and oxygen atoms in total. The molecule has 0 amide bonds. The first-order valence-corrected chi connectivity index (χ1v) is 6.99. The molecule has 0 bridgehead atoms. The summed E-state index contributed by atoms with van der Waals surface area (Å²) in [6, 6.07) is 17.2. The quantitative estimate of drug-likeness (QED) is 0.430. The highest BCUT2D eigenvalue weighted by atomic mass is 79.9. The molecule has 0 atom stereocenters. The van der Waals surface area contributed by atoms with E-state index in [1.165, 1.54) is 32.3 Å². The van der Waals surface area contributed by atoms with Gasteiger partial charge in [0.05, 0.1) is 11.6 Å². The topological polar surface area (TPSA) is 9.23 Å². The molecule has 4 aromatic carbocycles. The van der Waals surface area contributed by atoms with Crippen LogP contribution >= 0.6 is 15.9 Å². The zero-order valence-electron chi connectivity index (χ0n) is 10.4. The summed E-state index contributed by atoms with van der Waals surface area (Å²) >= 11 is 3.66. The van der Waals surface area contributed by atoms with Gasteiger partial charge < -0.3 is 4.74 Å². The number of methoxy groups -OCH3 is 1. The van der Waals surface area contributed by atoms with Crippen LogP contribution in [0.3, 0.4) is 0 Å². The summed E-state index contributed by atoms with van der Waals surface area (Å²) in [5, 5.41) is 7.64. The normalized spacial score (nSPS) is 11.7. The molecule has 0 aromatic heterocycles. The Kier molecular flexibility index (Phi) is 2.24. The molecule has 0 saturated carbocycles. The van der Waals surface area contributed by atoms with Gasteiger partial charge in [-0.3, -0.25) is 0 Å². The third-order valence-electron chi connectivity index (χ3n) is 3.77. The van der Waals surface area contributed by atoms with Gasteiger partial charge in [-0.25, -0.2) is 0 Å². The summed E-state index contributed by atoms with van der Waals surface area (Å²) in [7, 11) is 1.71. The van der Waals surface area contributed by atoms with Crippen molar-refractivity contribution in [2.24, 2.45) is 0 Å². The molecule has 0 N–H and O–H groups in total. The maximum atomic E-state index is 5.45. The fraction of sp³-hybridized carbons (Fsp3) is 0.0588. The number of ether oxygens (including phenoxy) is 1. The van der Waals surface area contributed by atoms with Gasteiger partial charge in [-0.15, -0.1) is 0 Å². The summed E-state index contributed by atoms with van der Waals surface area (Å²) in [4.78, 5) is 0. The molecule has 0 heterocycles. The van der Waals surface area contributed by atoms with Crippen LogP contribution in [-0.4, -0.2) is 7.11 Å². The van der Waals surface area contributed by atoms with E-state index in [-0.39, 0.29) is 0 Å². The van der Waals surface area contributed by atoms with E-state index in [2.05, 4.69) is 64.5 Å². The van der Waals surface area contributed by atoms with E-state index in [1.807, 2.05) is 0 Å². The van der Waals surface area contributed by atoms with Gasteiger partial charge in [-0.05, 0) is 48.9 Å². The minimum Gasteiger partial charge on any atom is -0.496 e. The molecule has 4 aromatic rings. The second-order valence-electron chi connectivity index (χ2n) is 4.75. The second-order valence-corrected chi connectivity index (χ2v) is 5.54. The van der Waals surface area contributed by atoms with Crippen molar-refractivity contribution in [3.8, 4) is 5.75 Å². The molecule has 0 spiro atoms. The largest absolute Gasteiger partial charge is 0.496 e. The predicted octanol–water partition coefficient (Wildman–Crippen LogP) is 5.36. The molecule has 0 aliphatic carbocycles. The van der Waals surface area contributed by atoms with Crippen LogP contribution in [0.2, 0.25) is 0 Å². The number of halogens is 1. The molecule has 0 radical (unpaired) electrons. The van der Waals surface area contributed by atoms with Crippen LogP contribution in [0.4, 0.5) is 0 Å². The molecule has 0 saturated heterocycles. The van der Waals surface area contributed by atoms with Gasteiger partial charge in [0.15, 0.2) is 0 Å². The predicted molar refractivity (Wildman–Crippen MR) is 84.4 cm³/mol. The summed E-state index contributed by atoms with van der Waals surface area (Å²) in [6.07, 6.45) is 0. The van der Waals surface area contributed by atoms with Crippen LogP contribution in [0, 0.1) is 0 Å². The Morgan fingerprint density at radius 1 is 0.842 bits per heavy atom. The van der Waals surface area contributed by atoms with Crippen LogP contribution in [0.15, 0.2) is 53.0 Å². The number of hydrogen-bond donors (Lipinski definition) is 0. The van der Waals surface area contributed by atoms with Crippen LogP contribution in [0.1, 0.15) is 0 Å². The SMILES string of the molecule is COc1cc2ccc3cccc4ccc(c1Br)c2c34. The molecular weight excluding hydrogens is 300 g/mol. The first-order valence-electron chi connectivity index (χ1n) is 6.19. The third kappa shape index (κ3) is 1.41. The van der Waals surface area contributed by atoms with Gasteiger partial charge >= 0.3 is 0 Å². The van der Waals surface area contributed by atoms with E-state index in [0.29, 0.717) is 0 Å².